The van der Waals surface area contributed by atoms with Crippen molar-refractivity contribution in [2.75, 3.05) is 11.5 Å². The van der Waals surface area contributed by atoms with Crippen molar-refractivity contribution in [2.24, 2.45) is 5.92 Å². The fourth-order valence-electron chi connectivity index (χ4n) is 2.33. The molecular weight excluding hydrogens is 386 g/mol. The molecule has 0 aliphatic rings. The second-order valence-corrected chi connectivity index (χ2v) is 7.82. The molecule has 7 heteroatoms. The summed E-state index contributed by atoms with van der Waals surface area (Å²) in [5.74, 6) is 2.08. The second kappa shape index (κ2) is 7.53. The largest absolute Gasteiger partial charge is 0.382 e. The number of hydrogen-bond donors (Lipinski definition) is 1. The number of nitrogens with zero attached hydrogens (tertiary/aromatic N) is 4. The summed E-state index contributed by atoms with van der Waals surface area (Å²) >= 11 is 5.16. The van der Waals surface area contributed by atoms with Crippen LogP contribution in [0, 0.1) is 5.92 Å². The molecule has 2 N–H and O–H groups in total. The van der Waals surface area contributed by atoms with Gasteiger partial charge in [0.2, 0.25) is 0 Å². The van der Waals surface area contributed by atoms with Crippen LogP contribution in [0.1, 0.15) is 25.8 Å². The van der Waals surface area contributed by atoms with E-state index in [0.29, 0.717) is 33.7 Å². The highest BCUT2D eigenvalue weighted by molar-refractivity contribution is 9.10. The van der Waals surface area contributed by atoms with Crippen LogP contribution in [-0.4, -0.2) is 25.3 Å². The summed E-state index contributed by atoms with van der Waals surface area (Å²) in [7, 11) is 0. The topological polar surface area (TPSA) is 69.6 Å². The Morgan fingerprint density at radius 1 is 1.17 bits per heavy atom. The van der Waals surface area contributed by atoms with E-state index < -0.39 is 0 Å². The number of fused-ring (bicyclic) bond motifs is 1. The third-order valence-electron chi connectivity index (χ3n) is 3.66. The Bertz CT molecular complexity index is 832. The molecule has 0 aliphatic carbocycles. The molecule has 1 aromatic carbocycles. The Morgan fingerprint density at radius 3 is 2.62 bits per heavy atom. The number of aromatic nitrogens is 4. The smallest absolute Gasteiger partial charge is 0.191 e. The lowest BCUT2D eigenvalue weighted by atomic mass is 10.2. The molecule has 0 atom stereocenters. The maximum atomic E-state index is 6.10. The summed E-state index contributed by atoms with van der Waals surface area (Å²) in [4.78, 5) is 13.6. The van der Waals surface area contributed by atoms with E-state index in [4.69, 9.17) is 10.7 Å². The first kappa shape index (κ1) is 17.2. The zero-order valence-electron chi connectivity index (χ0n) is 13.7. The summed E-state index contributed by atoms with van der Waals surface area (Å²) in [6.07, 6.45) is 1.12. The third-order valence-corrected chi connectivity index (χ3v) is 5.15. The molecule has 0 radical (unpaired) electrons. The third kappa shape index (κ3) is 3.89. The molecule has 0 amide bonds. The zero-order valence-corrected chi connectivity index (χ0v) is 16.1. The highest BCUT2D eigenvalue weighted by atomic mass is 79.9. The normalized spacial score (nSPS) is 11.5. The maximum absolute atomic E-state index is 6.10. The minimum Gasteiger partial charge on any atom is -0.382 e. The summed E-state index contributed by atoms with van der Waals surface area (Å²) < 4.78 is 2.74. The van der Waals surface area contributed by atoms with Crippen molar-refractivity contribution < 1.29 is 0 Å². The van der Waals surface area contributed by atoms with Gasteiger partial charge in [-0.05, 0) is 33.8 Å². The van der Waals surface area contributed by atoms with Crippen LogP contribution in [0.25, 0.3) is 11.2 Å². The summed E-state index contributed by atoms with van der Waals surface area (Å²) in [5, 5.41) is 0.711. The fourth-order valence-corrected chi connectivity index (χ4v) is 3.89. The van der Waals surface area contributed by atoms with Gasteiger partial charge >= 0.3 is 0 Å². The van der Waals surface area contributed by atoms with Crippen molar-refractivity contribution in [3.63, 3.8) is 0 Å². The van der Waals surface area contributed by atoms with Crippen LogP contribution in [0.4, 0.5) is 5.82 Å². The highest BCUT2D eigenvalue weighted by Crippen LogP contribution is 2.27. The molecule has 2 aromatic heterocycles. The fraction of sp³-hybridized carbons (Fsp3) is 0.353. The van der Waals surface area contributed by atoms with Gasteiger partial charge in [0.25, 0.3) is 0 Å². The van der Waals surface area contributed by atoms with Crippen molar-refractivity contribution in [1.29, 1.82) is 0 Å². The average molecular weight is 406 g/mol. The van der Waals surface area contributed by atoms with Crippen LogP contribution >= 0.6 is 27.7 Å². The molecule has 3 rings (SSSR count). The van der Waals surface area contributed by atoms with Gasteiger partial charge in [0.15, 0.2) is 26.9 Å². The Morgan fingerprint density at radius 2 is 1.92 bits per heavy atom. The molecule has 0 saturated carbocycles. The number of thioether (sulfide) groups is 1. The van der Waals surface area contributed by atoms with Gasteiger partial charge in [-0.3, -0.25) is 4.57 Å². The lowest BCUT2D eigenvalue weighted by Crippen LogP contribution is -2.03. The van der Waals surface area contributed by atoms with E-state index in [1.165, 1.54) is 5.56 Å². The van der Waals surface area contributed by atoms with Crippen LogP contribution < -0.4 is 5.73 Å². The Labute approximate surface area is 154 Å². The number of anilines is 1. The van der Waals surface area contributed by atoms with Gasteiger partial charge in [-0.15, -0.1) is 0 Å². The van der Waals surface area contributed by atoms with Gasteiger partial charge in [0.1, 0.15) is 0 Å². The minimum atomic E-state index is 0.430. The Balaban J connectivity index is 1.93. The van der Waals surface area contributed by atoms with E-state index in [1.54, 1.807) is 11.8 Å². The van der Waals surface area contributed by atoms with Gasteiger partial charge in [0.05, 0.1) is 6.54 Å². The highest BCUT2D eigenvalue weighted by Gasteiger charge is 2.16. The molecule has 0 unspecified atom stereocenters. The molecule has 0 aliphatic heterocycles. The zero-order chi connectivity index (χ0) is 17.1. The first-order valence-corrected chi connectivity index (χ1v) is 9.68. The van der Waals surface area contributed by atoms with E-state index in [9.17, 15) is 0 Å². The number of nitrogens with two attached hydrogens (primary N) is 1. The van der Waals surface area contributed by atoms with E-state index in [1.807, 2.05) is 22.8 Å². The summed E-state index contributed by atoms with van der Waals surface area (Å²) in [6, 6.07) is 10.2. The van der Waals surface area contributed by atoms with Crippen LogP contribution in [-0.2, 0) is 6.54 Å². The van der Waals surface area contributed by atoms with Crippen LogP contribution in [0.15, 0.2) is 40.2 Å². The average Bonchev–Trinajstić information content (AvgIpc) is 2.85. The SMILES string of the molecule is CC(C)CCSc1nc(N)c2nc(Br)n(Cc3ccccc3)c2n1. The number of halogens is 1. The van der Waals surface area contributed by atoms with Crippen LogP contribution in [0.5, 0.6) is 0 Å². The molecule has 0 saturated heterocycles. The molecule has 126 valence electrons. The Kier molecular flexibility index (Phi) is 5.40. The maximum Gasteiger partial charge on any atom is 0.191 e. The number of rotatable bonds is 6. The lowest BCUT2D eigenvalue weighted by molar-refractivity contribution is 0.631. The predicted octanol–water partition coefficient (Wildman–Crippen LogP) is 4.36. The molecular formula is C17H20BrN5S. The van der Waals surface area contributed by atoms with E-state index >= 15 is 0 Å². The first-order valence-electron chi connectivity index (χ1n) is 7.90. The number of hydrogen-bond acceptors (Lipinski definition) is 5. The van der Waals surface area contributed by atoms with E-state index in [-0.39, 0.29) is 0 Å². The van der Waals surface area contributed by atoms with Gasteiger partial charge in [0, 0.05) is 5.75 Å². The van der Waals surface area contributed by atoms with Gasteiger partial charge in [-0.1, -0.05) is 55.9 Å². The number of benzene rings is 1. The number of imidazole rings is 1. The van der Waals surface area contributed by atoms with Crippen molar-refractivity contribution >= 4 is 44.7 Å². The van der Waals surface area contributed by atoms with Crippen molar-refractivity contribution in [1.82, 2.24) is 19.5 Å². The first-order chi connectivity index (χ1) is 11.5. The van der Waals surface area contributed by atoms with Gasteiger partial charge < -0.3 is 5.73 Å². The monoisotopic (exact) mass is 405 g/mol. The molecule has 0 bridgehead atoms. The lowest BCUT2D eigenvalue weighted by Gasteiger charge is -2.07. The van der Waals surface area contributed by atoms with Gasteiger partial charge in [-0.2, -0.15) is 0 Å². The standard InChI is InChI=1S/C17H20BrN5S/c1-11(2)8-9-24-17-21-14(19)13-15(22-17)23(16(18)20-13)10-12-6-4-3-5-7-12/h3-7,11H,8-10H2,1-2H3,(H2,19,21,22). The van der Waals surface area contributed by atoms with Crippen LogP contribution in [0.2, 0.25) is 0 Å². The summed E-state index contributed by atoms with van der Waals surface area (Å²) in [6.45, 7) is 5.11. The molecule has 0 fully saturated rings. The molecule has 0 spiro atoms. The van der Waals surface area contributed by atoms with Crippen molar-refractivity contribution in [3.8, 4) is 0 Å². The molecule has 3 aromatic rings. The van der Waals surface area contributed by atoms with E-state index in [2.05, 4.69) is 51.9 Å². The van der Waals surface area contributed by atoms with Crippen molar-refractivity contribution in [2.45, 2.75) is 32.0 Å². The van der Waals surface area contributed by atoms with Crippen molar-refractivity contribution in [3.05, 3.63) is 40.6 Å². The predicted molar refractivity (Wildman–Crippen MR) is 103 cm³/mol. The minimum absolute atomic E-state index is 0.430. The Hall–Kier alpha value is -1.60. The molecule has 5 nitrogen and oxygen atoms in total. The van der Waals surface area contributed by atoms with E-state index in [0.717, 1.165) is 17.8 Å². The second-order valence-electron chi connectivity index (χ2n) is 6.05. The molecule has 24 heavy (non-hydrogen) atoms. The van der Waals surface area contributed by atoms with Gasteiger partial charge in [-0.25, -0.2) is 15.0 Å². The number of nitrogen functional groups attached to an aromatic ring is 1. The molecule has 2 heterocycles. The summed E-state index contributed by atoms with van der Waals surface area (Å²) in [5.41, 5.74) is 8.70. The van der Waals surface area contributed by atoms with Crippen LogP contribution in [0.3, 0.4) is 0 Å². The quantitative estimate of drug-likeness (QED) is 0.374.